The number of fused-ring (bicyclic) bond motifs is 4. The van der Waals surface area contributed by atoms with Gasteiger partial charge in [-0.15, -0.1) is 0 Å². The molecule has 0 spiro atoms. The van der Waals surface area contributed by atoms with E-state index in [2.05, 4.69) is 195 Å². The molecule has 2 heterocycles. The van der Waals surface area contributed by atoms with Gasteiger partial charge in [0.05, 0.1) is 0 Å². The van der Waals surface area contributed by atoms with Crippen LogP contribution < -0.4 is 26.2 Å². The molecule has 0 unspecified atom stereocenters. The van der Waals surface area contributed by atoms with Gasteiger partial charge in [0.25, 0.3) is 6.71 Å². The number of para-hydroxylation sites is 1. The molecule has 10 rings (SSSR count). The molecule has 7 aromatic rings. The van der Waals surface area contributed by atoms with Crippen LogP contribution in [0.4, 0.5) is 34.1 Å². The molecule has 0 saturated heterocycles. The summed E-state index contributed by atoms with van der Waals surface area (Å²) in [7, 11) is 0. The van der Waals surface area contributed by atoms with Crippen LogP contribution >= 0.6 is 0 Å². The van der Waals surface area contributed by atoms with Crippen LogP contribution in [0, 0.1) is 6.92 Å². The van der Waals surface area contributed by atoms with E-state index >= 15 is 0 Å². The van der Waals surface area contributed by atoms with E-state index in [0.717, 1.165) is 0 Å². The van der Waals surface area contributed by atoms with Crippen molar-refractivity contribution in [3.63, 3.8) is 0 Å². The van der Waals surface area contributed by atoms with Crippen molar-refractivity contribution in [1.82, 2.24) is 0 Å². The standard InChI is InChI=1S/C53H49BN2/c1-36-22-29-44(30-23-36)55-49-31-28-43(53(2,3)4)35-47(49)54-46-20-11-12-21-48(46)56(51-34-42(33-50(55)52(51)54)38-16-9-6-10-17-38)45-19-13-18-41(32-45)40-26-24-39(25-27-40)37-14-7-5-8-15-37/h5,7-8,11-15,18-35,38H,6,9-10,16-17H2,1-4H3. The number of benzene rings is 7. The molecule has 3 aliphatic rings. The van der Waals surface area contributed by atoms with Gasteiger partial charge in [-0.25, -0.2) is 0 Å². The van der Waals surface area contributed by atoms with Gasteiger partial charge in [-0.1, -0.05) is 155 Å². The number of hydrogen-bond donors (Lipinski definition) is 0. The largest absolute Gasteiger partial charge is 0.311 e. The van der Waals surface area contributed by atoms with Crippen LogP contribution in [0.3, 0.4) is 0 Å². The molecule has 7 aromatic carbocycles. The van der Waals surface area contributed by atoms with E-state index in [4.69, 9.17) is 0 Å². The number of anilines is 6. The summed E-state index contributed by atoms with van der Waals surface area (Å²) in [6.07, 6.45) is 6.45. The molecular weight excluding hydrogens is 675 g/mol. The molecule has 0 atom stereocenters. The number of aryl methyl sites for hydroxylation is 1. The minimum atomic E-state index is 0.0254. The molecule has 274 valence electrons. The highest BCUT2D eigenvalue weighted by Gasteiger charge is 2.44. The van der Waals surface area contributed by atoms with Gasteiger partial charge in [-0.05, 0) is 129 Å². The zero-order valence-corrected chi connectivity index (χ0v) is 33.1. The summed E-state index contributed by atoms with van der Waals surface area (Å²) < 4.78 is 0. The van der Waals surface area contributed by atoms with E-state index in [1.54, 1.807) is 0 Å². The summed E-state index contributed by atoms with van der Waals surface area (Å²) in [5, 5.41) is 0. The molecule has 0 N–H and O–H groups in total. The summed E-state index contributed by atoms with van der Waals surface area (Å²) >= 11 is 0. The van der Waals surface area contributed by atoms with E-state index in [1.807, 2.05) is 0 Å². The second-order valence-electron chi connectivity index (χ2n) is 17.3. The van der Waals surface area contributed by atoms with Gasteiger partial charge in [-0.2, -0.15) is 0 Å². The second-order valence-corrected chi connectivity index (χ2v) is 17.3. The maximum Gasteiger partial charge on any atom is 0.252 e. The minimum Gasteiger partial charge on any atom is -0.311 e. The molecule has 0 aromatic heterocycles. The van der Waals surface area contributed by atoms with E-state index in [0.29, 0.717) is 5.92 Å². The molecule has 56 heavy (non-hydrogen) atoms. The fourth-order valence-electron chi connectivity index (χ4n) is 9.67. The number of nitrogens with zero attached hydrogens (tertiary/aromatic N) is 2. The lowest BCUT2D eigenvalue weighted by molar-refractivity contribution is 0.444. The predicted molar refractivity (Wildman–Crippen MR) is 241 cm³/mol. The summed E-state index contributed by atoms with van der Waals surface area (Å²) in [5.41, 5.74) is 20.8. The van der Waals surface area contributed by atoms with Gasteiger partial charge < -0.3 is 9.80 Å². The third-order valence-corrected chi connectivity index (χ3v) is 12.7. The van der Waals surface area contributed by atoms with Crippen molar-refractivity contribution in [2.45, 2.75) is 71.1 Å². The maximum absolute atomic E-state index is 2.59. The van der Waals surface area contributed by atoms with Gasteiger partial charge in [-0.3, -0.25) is 0 Å². The van der Waals surface area contributed by atoms with E-state index < -0.39 is 0 Å². The van der Waals surface area contributed by atoms with Crippen molar-refractivity contribution < 1.29 is 0 Å². The summed E-state index contributed by atoms with van der Waals surface area (Å²) in [6, 6.07) is 59.8. The van der Waals surface area contributed by atoms with E-state index in [-0.39, 0.29) is 12.1 Å². The van der Waals surface area contributed by atoms with Gasteiger partial charge in [0.1, 0.15) is 0 Å². The smallest absolute Gasteiger partial charge is 0.252 e. The molecule has 0 bridgehead atoms. The Morgan fingerprint density at radius 3 is 1.80 bits per heavy atom. The Kier molecular flexibility index (Phi) is 8.51. The lowest BCUT2D eigenvalue weighted by Crippen LogP contribution is -2.61. The minimum absolute atomic E-state index is 0.0254. The van der Waals surface area contributed by atoms with Crippen molar-refractivity contribution in [1.29, 1.82) is 0 Å². The van der Waals surface area contributed by atoms with E-state index in [1.165, 1.54) is 122 Å². The topological polar surface area (TPSA) is 6.48 Å². The molecule has 1 saturated carbocycles. The second kappa shape index (κ2) is 13.7. The predicted octanol–water partition coefficient (Wildman–Crippen LogP) is 12.8. The number of hydrogen-bond acceptors (Lipinski definition) is 2. The lowest BCUT2D eigenvalue weighted by atomic mass is 9.33. The normalized spacial score (nSPS) is 15.0. The third kappa shape index (κ3) is 5.96. The van der Waals surface area contributed by atoms with Crippen LogP contribution in [0.1, 0.15) is 75.5 Å². The fourth-order valence-corrected chi connectivity index (χ4v) is 9.67. The van der Waals surface area contributed by atoms with Crippen molar-refractivity contribution in [3.8, 4) is 22.3 Å². The Balaban J connectivity index is 1.21. The Labute approximate surface area is 333 Å². The summed E-state index contributed by atoms with van der Waals surface area (Å²) in [6.45, 7) is 9.31. The first-order chi connectivity index (χ1) is 27.3. The average molecular weight is 725 g/mol. The maximum atomic E-state index is 2.59. The van der Waals surface area contributed by atoms with Crippen LogP contribution in [0.25, 0.3) is 22.3 Å². The van der Waals surface area contributed by atoms with Crippen LogP contribution in [0.15, 0.2) is 158 Å². The first-order valence-corrected chi connectivity index (χ1v) is 20.7. The molecule has 1 fully saturated rings. The highest BCUT2D eigenvalue weighted by molar-refractivity contribution is 7.00. The van der Waals surface area contributed by atoms with Crippen LogP contribution in [0.5, 0.6) is 0 Å². The van der Waals surface area contributed by atoms with Gasteiger partial charge >= 0.3 is 0 Å². The lowest BCUT2D eigenvalue weighted by Gasteiger charge is -2.45. The van der Waals surface area contributed by atoms with Crippen LogP contribution in [-0.2, 0) is 5.41 Å². The molecule has 1 aliphatic carbocycles. The Morgan fingerprint density at radius 1 is 0.482 bits per heavy atom. The highest BCUT2D eigenvalue weighted by atomic mass is 15.2. The van der Waals surface area contributed by atoms with Crippen molar-refractivity contribution in [2.24, 2.45) is 0 Å². The van der Waals surface area contributed by atoms with Crippen LogP contribution in [0.2, 0.25) is 0 Å². The first kappa shape index (κ1) is 34.7. The van der Waals surface area contributed by atoms with Crippen molar-refractivity contribution >= 4 is 57.2 Å². The molecule has 2 nitrogen and oxygen atoms in total. The third-order valence-electron chi connectivity index (χ3n) is 12.7. The molecule has 0 radical (unpaired) electrons. The molecular formula is C53H49BN2. The van der Waals surface area contributed by atoms with Gasteiger partial charge in [0.15, 0.2) is 0 Å². The SMILES string of the molecule is Cc1ccc(N2c3ccc(C(C)(C)C)cc3B3c4ccccc4N(c4cccc(-c5ccc(-c6ccccc6)cc5)c4)c4cc(C5CCCCC5)cc2c43)cc1. The monoisotopic (exact) mass is 724 g/mol. The van der Waals surface area contributed by atoms with Gasteiger partial charge in [0, 0.05) is 34.1 Å². The Hall–Kier alpha value is -5.80. The fraction of sp³-hybridized carbons (Fsp3) is 0.208. The molecule has 2 aliphatic heterocycles. The summed E-state index contributed by atoms with van der Waals surface area (Å²) in [5.74, 6) is 0.557. The van der Waals surface area contributed by atoms with Crippen molar-refractivity contribution in [2.75, 3.05) is 9.80 Å². The Morgan fingerprint density at radius 2 is 1.09 bits per heavy atom. The quantitative estimate of drug-likeness (QED) is 0.163. The highest BCUT2D eigenvalue weighted by Crippen LogP contribution is 2.47. The van der Waals surface area contributed by atoms with Gasteiger partial charge in [0.2, 0.25) is 0 Å². The van der Waals surface area contributed by atoms with Crippen molar-refractivity contribution in [3.05, 3.63) is 174 Å². The zero-order chi connectivity index (χ0) is 38.0. The average Bonchev–Trinajstić information content (AvgIpc) is 3.24. The first-order valence-electron chi connectivity index (χ1n) is 20.7. The number of rotatable bonds is 5. The van der Waals surface area contributed by atoms with Crippen LogP contribution in [-0.4, -0.2) is 6.71 Å². The molecule has 0 amide bonds. The molecule has 3 heteroatoms. The van der Waals surface area contributed by atoms with E-state index in [9.17, 15) is 0 Å². The zero-order valence-electron chi connectivity index (χ0n) is 33.1. The summed E-state index contributed by atoms with van der Waals surface area (Å²) in [4.78, 5) is 5.17. The Bertz CT molecular complexity index is 2560.